The second kappa shape index (κ2) is 6.87. The lowest BCUT2D eigenvalue weighted by Crippen LogP contribution is -2.53. The van der Waals surface area contributed by atoms with Crippen LogP contribution in [0.2, 0.25) is 0 Å². The van der Waals surface area contributed by atoms with Crippen LogP contribution in [0.3, 0.4) is 0 Å². The molecule has 21 heavy (non-hydrogen) atoms. The number of hydrogen-bond donors (Lipinski definition) is 2. The highest BCUT2D eigenvalue weighted by atomic mass is 19.1. The van der Waals surface area contributed by atoms with Gasteiger partial charge in [-0.2, -0.15) is 0 Å². The van der Waals surface area contributed by atoms with Crippen molar-refractivity contribution in [2.75, 3.05) is 43.8 Å². The fourth-order valence-electron chi connectivity index (χ4n) is 2.72. The highest BCUT2D eigenvalue weighted by molar-refractivity contribution is 5.95. The molecule has 0 aromatic heterocycles. The van der Waals surface area contributed by atoms with E-state index in [1.807, 2.05) is 0 Å². The van der Waals surface area contributed by atoms with Crippen LogP contribution >= 0.6 is 0 Å². The van der Waals surface area contributed by atoms with E-state index < -0.39 is 5.82 Å². The summed E-state index contributed by atoms with van der Waals surface area (Å²) in [6, 6.07) is 4.43. The van der Waals surface area contributed by atoms with Crippen LogP contribution in [0.5, 0.6) is 0 Å². The Labute approximate surface area is 124 Å². The van der Waals surface area contributed by atoms with E-state index in [1.165, 1.54) is 18.2 Å². The number of amides is 1. The van der Waals surface area contributed by atoms with Crippen LogP contribution in [0.15, 0.2) is 18.2 Å². The normalized spacial score (nSPS) is 20.4. The molecule has 0 radical (unpaired) electrons. The molecule has 1 aromatic carbocycles. The van der Waals surface area contributed by atoms with Gasteiger partial charge in [0.15, 0.2) is 0 Å². The number of nitrogen functional groups attached to an aromatic ring is 1. The molecule has 1 heterocycles. The van der Waals surface area contributed by atoms with E-state index in [-0.39, 0.29) is 11.6 Å². The number of rotatable bonds is 4. The lowest BCUT2D eigenvalue weighted by atomic mass is 10.2. The summed E-state index contributed by atoms with van der Waals surface area (Å²) in [6.07, 6.45) is 0. The van der Waals surface area contributed by atoms with Gasteiger partial charge in [-0.05, 0) is 31.7 Å². The molecular formula is C15H23FN4O. The second-order valence-corrected chi connectivity index (χ2v) is 5.49. The molecule has 116 valence electrons. The Hall–Kier alpha value is -1.66. The van der Waals surface area contributed by atoms with Crippen molar-refractivity contribution < 1.29 is 9.18 Å². The number of hydrogen-bond acceptors (Lipinski definition) is 4. The molecule has 1 fully saturated rings. The highest BCUT2D eigenvalue weighted by Crippen LogP contribution is 2.19. The zero-order valence-corrected chi connectivity index (χ0v) is 12.6. The van der Waals surface area contributed by atoms with Crippen LogP contribution in [0.25, 0.3) is 0 Å². The van der Waals surface area contributed by atoms with E-state index in [1.54, 1.807) is 0 Å². The van der Waals surface area contributed by atoms with E-state index in [2.05, 4.69) is 29.0 Å². The van der Waals surface area contributed by atoms with Crippen LogP contribution in [0.4, 0.5) is 15.8 Å². The standard InChI is InChI=1S/C15H23FN4O/c1-3-20-7-6-19(9-11(20)2)10-15(21)18-14-5-4-12(16)8-13(14)17/h4-5,8,11H,3,6-7,9-10,17H2,1-2H3,(H,18,21). The SMILES string of the molecule is CCN1CCN(CC(=O)Nc2ccc(F)cc2N)CC1C. The maximum absolute atomic E-state index is 13.0. The zero-order chi connectivity index (χ0) is 15.4. The van der Waals surface area contributed by atoms with Crippen LogP contribution in [0.1, 0.15) is 13.8 Å². The Kier molecular flexibility index (Phi) is 5.14. The largest absolute Gasteiger partial charge is 0.397 e. The minimum atomic E-state index is -0.407. The first kappa shape index (κ1) is 15.7. The van der Waals surface area contributed by atoms with Gasteiger partial charge >= 0.3 is 0 Å². The number of likely N-dealkylation sites (N-methyl/N-ethyl adjacent to an activating group) is 1. The first-order chi connectivity index (χ1) is 9.99. The van der Waals surface area contributed by atoms with Crippen molar-refractivity contribution in [3.05, 3.63) is 24.0 Å². The minimum absolute atomic E-state index is 0.120. The molecule has 0 aliphatic carbocycles. The van der Waals surface area contributed by atoms with E-state index >= 15 is 0 Å². The lowest BCUT2D eigenvalue weighted by molar-refractivity contribution is -0.118. The molecular weight excluding hydrogens is 271 g/mol. The van der Waals surface area contributed by atoms with Gasteiger partial charge in [-0.15, -0.1) is 0 Å². The molecule has 0 saturated carbocycles. The monoisotopic (exact) mass is 294 g/mol. The average Bonchev–Trinajstić information content (AvgIpc) is 2.42. The molecule has 1 saturated heterocycles. The van der Waals surface area contributed by atoms with Crippen molar-refractivity contribution in [3.63, 3.8) is 0 Å². The number of piperazine rings is 1. The number of nitrogens with one attached hydrogen (secondary N) is 1. The van der Waals surface area contributed by atoms with Crippen LogP contribution < -0.4 is 11.1 Å². The summed E-state index contributed by atoms with van der Waals surface area (Å²) in [7, 11) is 0. The number of carbonyl (C=O) groups excluding carboxylic acids is 1. The summed E-state index contributed by atoms with van der Waals surface area (Å²) in [5.74, 6) is -0.527. The smallest absolute Gasteiger partial charge is 0.238 e. The third-order valence-electron chi connectivity index (χ3n) is 3.91. The van der Waals surface area contributed by atoms with E-state index in [9.17, 15) is 9.18 Å². The van der Waals surface area contributed by atoms with Gasteiger partial charge in [0, 0.05) is 25.7 Å². The van der Waals surface area contributed by atoms with Gasteiger partial charge in [0.25, 0.3) is 0 Å². The average molecular weight is 294 g/mol. The Morgan fingerprint density at radius 1 is 1.48 bits per heavy atom. The topological polar surface area (TPSA) is 61.6 Å². The van der Waals surface area contributed by atoms with Gasteiger partial charge in [0.05, 0.1) is 17.9 Å². The summed E-state index contributed by atoms with van der Waals surface area (Å²) in [5.41, 5.74) is 6.39. The number of carbonyl (C=O) groups is 1. The lowest BCUT2D eigenvalue weighted by Gasteiger charge is -2.38. The third kappa shape index (κ3) is 4.15. The quantitative estimate of drug-likeness (QED) is 0.824. The number of halogens is 1. The minimum Gasteiger partial charge on any atom is -0.397 e. The summed E-state index contributed by atoms with van der Waals surface area (Å²) in [4.78, 5) is 16.6. The molecule has 2 rings (SSSR count). The summed E-state index contributed by atoms with van der Waals surface area (Å²) < 4.78 is 13.0. The number of anilines is 2. The predicted octanol–water partition coefficient (Wildman–Crippen LogP) is 1.37. The Morgan fingerprint density at radius 3 is 2.86 bits per heavy atom. The second-order valence-electron chi connectivity index (χ2n) is 5.49. The molecule has 1 aliphatic heterocycles. The Morgan fingerprint density at radius 2 is 2.24 bits per heavy atom. The summed E-state index contributed by atoms with van der Waals surface area (Å²) >= 11 is 0. The summed E-state index contributed by atoms with van der Waals surface area (Å²) in [6.45, 7) is 8.42. The molecule has 1 unspecified atom stereocenters. The van der Waals surface area contributed by atoms with Crippen molar-refractivity contribution >= 4 is 17.3 Å². The van der Waals surface area contributed by atoms with Crippen LogP contribution in [-0.4, -0.2) is 54.5 Å². The van der Waals surface area contributed by atoms with Crippen molar-refractivity contribution in [1.29, 1.82) is 0 Å². The van der Waals surface area contributed by atoms with Crippen molar-refractivity contribution in [2.24, 2.45) is 0 Å². The highest BCUT2D eigenvalue weighted by Gasteiger charge is 2.23. The molecule has 6 heteroatoms. The Balaban J connectivity index is 1.87. The maximum atomic E-state index is 13.0. The number of benzene rings is 1. The number of nitrogens with zero attached hydrogens (tertiary/aromatic N) is 2. The van der Waals surface area contributed by atoms with Crippen LogP contribution in [-0.2, 0) is 4.79 Å². The summed E-state index contributed by atoms with van der Waals surface area (Å²) in [5, 5.41) is 2.74. The van der Waals surface area contributed by atoms with Crippen molar-refractivity contribution in [1.82, 2.24) is 9.80 Å². The van der Waals surface area contributed by atoms with E-state index in [4.69, 9.17) is 5.73 Å². The van der Waals surface area contributed by atoms with Gasteiger partial charge in [-0.3, -0.25) is 14.6 Å². The van der Waals surface area contributed by atoms with Gasteiger partial charge in [-0.25, -0.2) is 4.39 Å². The van der Waals surface area contributed by atoms with E-state index in [0.29, 0.717) is 18.3 Å². The zero-order valence-electron chi connectivity index (χ0n) is 12.6. The van der Waals surface area contributed by atoms with Crippen molar-refractivity contribution in [3.8, 4) is 0 Å². The molecule has 5 nitrogen and oxygen atoms in total. The molecule has 1 atom stereocenters. The first-order valence-corrected chi connectivity index (χ1v) is 7.31. The third-order valence-corrected chi connectivity index (χ3v) is 3.91. The fraction of sp³-hybridized carbons (Fsp3) is 0.533. The predicted molar refractivity (Wildman–Crippen MR) is 82.6 cm³/mol. The van der Waals surface area contributed by atoms with E-state index in [0.717, 1.165) is 26.2 Å². The molecule has 0 bridgehead atoms. The molecule has 1 amide bonds. The van der Waals surface area contributed by atoms with Crippen molar-refractivity contribution in [2.45, 2.75) is 19.9 Å². The molecule has 0 spiro atoms. The van der Waals surface area contributed by atoms with Gasteiger partial charge in [-0.1, -0.05) is 6.92 Å². The molecule has 1 aliphatic rings. The Bertz CT molecular complexity index is 508. The molecule has 3 N–H and O–H groups in total. The fourth-order valence-corrected chi connectivity index (χ4v) is 2.72. The number of nitrogens with two attached hydrogens (primary N) is 1. The van der Waals surface area contributed by atoms with Crippen LogP contribution in [0, 0.1) is 5.82 Å². The first-order valence-electron chi connectivity index (χ1n) is 7.31. The van der Waals surface area contributed by atoms with Gasteiger partial charge < -0.3 is 11.1 Å². The maximum Gasteiger partial charge on any atom is 0.238 e. The van der Waals surface area contributed by atoms with Gasteiger partial charge in [0.2, 0.25) is 5.91 Å². The molecule has 1 aromatic rings. The van der Waals surface area contributed by atoms with Gasteiger partial charge in [0.1, 0.15) is 5.82 Å².